The number of anilines is 1. The Balaban J connectivity index is 0.00000320. The summed E-state index contributed by atoms with van der Waals surface area (Å²) in [5.41, 5.74) is 2.43. The highest BCUT2D eigenvalue weighted by Gasteiger charge is 2.45. The van der Waals surface area contributed by atoms with Gasteiger partial charge in [-0.25, -0.2) is 0 Å². The molecule has 186 valence electrons. The molecule has 0 saturated carbocycles. The van der Waals surface area contributed by atoms with Gasteiger partial charge in [-0.1, -0.05) is 72.8 Å². The molecular weight excluding hydrogens is 553 g/mol. The first kappa shape index (κ1) is 27.1. The minimum absolute atomic E-state index is 0. The molecule has 0 radical (unpaired) electrons. The van der Waals surface area contributed by atoms with Crippen LogP contribution in [0.4, 0.5) is 5.69 Å². The predicted molar refractivity (Wildman–Crippen MR) is 163 cm³/mol. The quantitative estimate of drug-likeness (QED) is 0.243. The first-order valence-electron chi connectivity index (χ1n) is 12.2. The molecule has 0 aliphatic rings. The normalized spacial score (nSPS) is 11.3. The molecule has 0 unspecified atom stereocenters. The molecule has 0 fully saturated rings. The van der Waals surface area contributed by atoms with E-state index < -0.39 is 7.26 Å². The molecule has 1 aromatic heterocycles. The van der Waals surface area contributed by atoms with E-state index in [1.54, 1.807) is 0 Å². The molecule has 0 saturated heterocycles. The highest BCUT2D eigenvalue weighted by Crippen LogP contribution is 2.58. The zero-order valence-electron chi connectivity index (χ0n) is 21.2. The highest BCUT2D eigenvalue weighted by molar-refractivity contribution is 7.95. The van der Waals surface area contributed by atoms with Gasteiger partial charge in [-0.15, -0.1) is 11.3 Å². The number of hydrogen-bond acceptors (Lipinski definition) is 2. The van der Waals surface area contributed by atoms with Gasteiger partial charge >= 0.3 is 0 Å². The summed E-state index contributed by atoms with van der Waals surface area (Å²) in [6.07, 6.45) is 5.47. The lowest BCUT2D eigenvalue weighted by atomic mass is 10.2. The van der Waals surface area contributed by atoms with Gasteiger partial charge in [0.05, 0.1) is 0 Å². The smallest absolute Gasteiger partial charge is 0.117 e. The second-order valence-corrected chi connectivity index (χ2v) is 13.8. The molecular formula is C33H31BrNPS. The predicted octanol–water partition coefficient (Wildman–Crippen LogP) is 4.48. The second-order valence-electron chi connectivity index (χ2n) is 9.10. The summed E-state index contributed by atoms with van der Waals surface area (Å²) in [6, 6.07) is 46.6. The van der Waals surface area contributed by atoms with Crippen molar-refractivity contribution in [1.29, 1.82) is 0 Å². The van der Waals surface area contributed by atoms with Gasteiger partial charge in [-0.05, 0) is 72.3 Å². The van der Waals surface area contributed by atoms with Crippen molar-refractivity contribution in [2.24, 2.45) is 0 Å². The van der Waals surface area contributed by atoms with Crippen LogP contribution in [0.2, 0.25) is 0 Å². The zero-order valence-corrected chi connectivity index (χ0v) is 24.5. The average Bonchev–Trinajstić information content (AvgIpc) is 3.39. The Morgan fingerprint density at radius 2 is 1.08 bits per heavy atom. The Kier molecular flexibility index (Phi) is 9.16. The van der Waals surface area contributed by atoms with Crippen LogP contribution in [0.1, 0.15) is 15.3 Å². The van der Waals surface area contributed by atoms with E-state index in [0.717, 1.165) is 6.16 Å². The lowest BCUT2D eigenvalue weighted by molar-refractivity contribution is -0.00000689. The molecule has 0 amide bonds. The topological polar surface area (TPSA) is 3.24 Å². The van der Waals surface area contributed by atoms with Gasteiger partial charge in [0, 0.05) is 29.5 Å². The maximum absolute atomic E-state index is 2.32. The first-order valence-corrected chi connectivity index (χ1v) is 15.0. The SMILES string of the molecule is CN(C)c1ccc(/C=C/c2ccc(C[P+](c3ccccc3)(c3ccccc3)c3ccccc3)s2)cc1.[Br-]. The fraction of sp³-hybridized carbons (Fsp3) is 0.0909. The van der Waals surface area contributed by atoms with E-state index in [-0.39, 0.29) is 17.0 Å². The van der Waals surface area contributed by atoms with Crippen LogP contribution in [0, 0.1) is 0 Å². The molecule has 4 heteroatoms. The largest absolute Gasteiger partial charge is 1.00 e. The lowest BCUT2D eigenvalue weighted by Gasteiger charge is -2.27. The van der Waals surface area contributed by atoms with Gasteiger partial charge in [0.2, 0.25) is 0 Å². The Morgan fingerprint density at radius 1 is 0.595 bits per heavy atom. The monoisotopic (exact) mass is 583 g/mol. The summed E-state index contributed by atoms with van der Waals surface area (Å²) in [4.78, 5) is 4.83. The van der Waals surface area contributed by atoms with Crippen molar-refractivity contribution < 1.29 is 17.0 Å². The van der Waals surface area contributed by atoms with E-state index in [1.807, 2.05) is 11.3 Å². The summed E-state index contributed by atoms with van der Waals surface area (Å²) in [7, 11) is 2.27. The summed E-state index contributed by atoms with van der Waals surface area (Å²) in [6.45, 7) is 0. The van der Waals surface area contributed by atoms with E-state index in [0.29, 0.717) is 0 Å². The number of halogens is 1. The third-order valence-electron chi connectivity index (χ3n) is 6.52. The number of hydrogen-bond donors (Lipinski definition) is 0. The fourth-order valence-corrected chi connectivity index (χ4v) is 10.2. The van der Waals surface area contributed by atoms with Crippen LogP contribution in [-0.4, -0.2) is 14.1 Å². The summed E-state index contributed by atoms with van der Waals surface area (Å²) >= 11 is 1.90. The molecule has 1 nitrogen and oxygen atoms in total. The molecule has 0 aliphatic carbocycles. The molecule has 0 atom stereocenters. The van der Waals surface area contributed by atoms with E-state index in [1.165, 1.54) is 36.9 Å². The van der Waals surface area contributed by atoms with Crippen molar-refractivity contribution in [1.82, 2.24) is 0 Å². The van der Waals surface area contributed by atoms with Crippen LogP contribution < -0.4 is 37.8 Å². The number of benzene rings is 4. The first-order chi connectivity index (χ1) is 17.6. The van der Waals surface area contributed by atoms with E-state index in [9.17, 15) is 0 Å². The molecule has 5 rings (SSSR count). The molecule has 0 bridgehead atoms. The number of thiophene rings is 1. The zero-order chi connectivity index (χ0) is 24.8. The minimum atomic E-state index is -1.87. The van der Waals surface area contributed by atoms with Crippen LogP contribution in [0.25, 0.3) is 12.2 Å². The average molecular weight is 585 g/mol. The highest BCUT2D eigenvalue weighted by atomic mass is 79.9. The third kappa shape index (κ3) is 6.13. The lowest BCUT2D eigenvalue weighted by Crippen LogP contribution is -3.00. The van der Waals surface area contributed by atoms with E-state index in [4.69, 9.17) is 0 Å². The minimum Gasteiger partial charge on any atom is -1.00 e. The van der Waals surface area contributed by atoms with Crippen molar-refractivity contribution >= 4 is 52.4 Å². The van der Waals surface area contributed by atoms with Gasteiger partial charge in [0.15, 0.2) is 0 Å². The van der Waals surface area contributed by atoms with Gasteiger partial charge in [-0.3, -0.25) is 0 Å². The maximum Gasteiger partial charge on any atom is 0.117 e. The van der Waals surface area contributed by atoms with Crippen molar-refractivity contribution in [2.45, 2.75) is 6.16 Å². The van der Waals surface area contributed by atoms with Gasteiger partial charge in [-0.2, -0.15) is 0 Å². The van der Waals surface area contributed by atoms with Crippen molar-refractivity contribution in [2.75, 3.05) is 19.0 Å². The summed E-state index contributed by atoms with van der Waals surface area (Å²) < 4.78 is 0. The van der Waals surface area contributed by atoms with Crippen molar-refractivity contribution in [3.63, 3.8) is 0 Å². The Morgan fingerprint density at radius 3 is 1.54 bits per heavy atom. The molecule has 5 aromatic rings. The van der Waals surface area contributed by atoms with Crippen LogP contribution in [0.3, 0.4) is 0 Å². The van der Waals surface area contributed by atoms with Gasteiger partial charge < -0.3 is 21.9 Å². The molecule has 4 aromatic carbocycles. The second kappa shape index (κ2) is 12.5. The van der Waals surface area contributed by atoms with Crippen molar-refractivity contribution in [3.05, 3.63) is 143 Å². The van der Waals surface area contributed by atoms with Crippen LogP contribution >= 0.6 is 18.6 Å². The fourth-order valence-electron chi connectivity index (χ4n) is 4.63. The molecule has 37 heavy (non-hydrogen) atoms. The van der Waals surface area contributed by atoms with E-state index >= 15 is 0 Å². The van der Waals surface area contributed by atoms with Crippen LogP contribution in [0.5, 0.6) is 0 Å². The molecule has 0 N–H and O–H groups in total. The van der Waals surface area contributed by atoms with Crippen molar-refractivity contribution in [3.8, 4) is 0 Å². The number of rotatable bonds is 8. The third-order valence-corrected chi connectivity index (χ3v) is 12.1. The van der Waals surface area contributed by atoms with E-state index in [2.05, 4.69) is 159 Å². The molecule has 0 spiro atoms. The van der Waals surface area contributed by atoms with Gasteiger partial charge in [0.1, 0.15) is 29.3 Å². The van der Waals surface area contributed by atoms with Crippen LogP contribution in [-0.2, 0) is 6.16 Å². The maximum atomic E-state index is 2.32. The molecule has 1 heterocycles. The summed E-state index contributed by atoms with van der Waals surface area (Å²) in [5, 5.41) is 4.27. The van der Waals surface area contributed by atoms with Crippen LogP contribution in [0.15, 0.2) is 127 Å². The Hall–Kier alpha value is -2.97. The Labute approximate surface area is 236 Å². The molecule has 0 aliphatic heterocycles. The Bertz CT molecular complexity index is 1320. The standard InChI is InChI=1S/C33H31NPS.BrH/c1-34(2)28-21-18-27(19-22-28)20-23-32-24-25-33(36-32)26-35(29-12-6-3-7-13-29,30-14-8-4-9-15-30)31-16-10-5-11-17-31;/h3-25H,26H2,1-2H3;1H/q+1;/p-1/b23-20+;. The van der Waals surface area contributed by atoms with Gasteiger partial charge in [0.25, 0.3) is 0 Å². The number of nitrogens with zero attached hydrogens (tertiary/aromatic N) is 1. The summed E-state index contributed by atoms with van der Waals surface area (Å²) in [5.74, 6) is 0.